The van der Waals surface area contributed by atoms with Gasteiger partial charge in [-0.25, -0.2) is 9.37 Å². The summed E-state index contributed by atoms with van der Waals surface area (Å²) >= 11 is 2.63. The molecule has 2 aromatic heterocycles. The van der Waals surface area contributed by atoms with Crippen LogP contribution >= 0.6 is 23.1 Å². The fourth-order valence-electron chi connectivity index (χ4n) is 4.99. The SMILES string of the molecule is CC1CCc2c(sc3nc(SCC(=O)NC4(C#N)CCCC4)n(-c4ccccc4F)c(=O)c23)C1. The van der Waals surface area contributed by atoms with E-state index in [4.69, 9.17) is 4.98 Å². The zero-order valence-corrected chi connectivity index (χ0v) is 20.5. The lowest BCUT2D eigenvalue weighted by Crippen LogP contribution is -2.45. The minimum atomic E-state index is -0.816. The summed E-state index contributed by atoms with van der Waals surface area (Å²) in [4.78, 5) is 33.0. The van der Waals surface area contributed by atoms with Crippen molar-refractivity contribution in [3.63, 3.8) is 0 Å². The average molecular weight is 497 g/mol. The third kappa shape index (κ3) is 4.14. The highest BCUT2D eigenvalue weighted by Crippen LogP contribution is 2.37. The van der Waals surface area contributed by atoms with Crippen LogP contribution in [0.5, 0.6) is 0 Å². The third-order valence-corrected chi connectivity index (χ3v) is 8.86. The minimum absolute atomic E-state index is 0.0159. The lowest BCUT2D eigenvalue weighted by Gasteiger charge is -2.22. The summed E-state index contributed by atoms with van der Waals surface area (Å²) < 4.78 is 16.1. The van der Waals surface area contributed by atoms with E-state index in [9.17, 15) is 19.2 Å². The highest BCUT2D eigenvalue weighted by Gasteiger charge is 2.35. The molecule has 9 heteroatoms. The number of nitrogens with zero attached hydrogens (tertiary/aromatic N) is 3. The second-order valence-corrected chi connectivity index (χ2v) is 11.3. The topological polar surface area (TPSA) is 87.8 Å². The standard InChI is InChI=1S/C25H25FN4O2S2/c1-15-8-9-16-19(12-15)34-22-21(16)23(32)30(18-7-3-2-6-17(18)26)24(28-22)33-13-20(31)29-25(14-27)10-4-5-11-25/h2-3,6-7,15H,4-5,8-13H2,1H3,(H,29,31). The monoisotopic (exact) mass is 496 g/mol. The Morgan fingerprint density at radius 1 is 1.38 bits per heavy atom. The molecule has 1 atom stereocenters. The van der Waals surface area contributed by atoms with Gasteiger partial charge in [0.1, 0.15) is 16.2 Å². The van der Waals surface area contributed by atoms with Crippen LogP contribution in [0.25, 0.3) is 15.9 Å². The Kier molecular flexibility index (Phi) is 6.21. The van der Waals surface area contributed by atoms with E-state index >= 15 is 0 Å². The Bertz CT molecular complexity index is 1370. The van der Waals surface area contributed by atoms with Crippen molar-refractivity contribution in [2.45, 2.75) is 62.6 Å². The van der Waals surface area contributed by atoms with Crippen LogP contribution in [-0.2, 0) is 17.6 Å². The summed E-state index contributed by atoms with van der Waals surface area (Å²) in [5.74, 6) is -0.279. The Balaban J connectivity index is 1.54. The van der Waals surface area contributed by atoms with Crippen LogP contribution in [0.4, 0.5) is 4.39 Å². The van der Waals surface area contributed by atoms with Gasteiger partial charge < -0.3 is 5.32 Å². The van der Waals surface area contributed by atoms with Gasteiger partial charge in [-0.1, -0.05) is 30.8 Å². The number of para-hydroxylation sites is 1. The zero-order chi connectivity index (χ0) is 23.9. The molecule has 34 heavy (non-hydrogen) atoms. The number of amides is 1. The van der Waals surface area contributed by atoms with Crippen LogP contribution in [0, 0.1) is 23.1 Å². The van der Waals surface area contributed by atoms with Crippen LogP contribution in [0.2, 0.25) is 0 Å². The maximum atomic E-state index is 14.8. The molecule has 0 radical (unpaired) electrons. The Hall–Kier alpha value is -2.70. The molecule has 176 valence electrons. The molecule has 1 N–H and O–H groups in total. The summed E-state index contributed by atoms with van der Waals surface area (Å²) in [5.41, 5.74) is 0.0451. The molecule has 2 heterocycles. The number of fused-ring (bicyclic) bond motifs is 3. The lowest BCUT2D eigenvalue weighted by molar-refractivity contribution is -0.119. The molecule has 1 saturated carbocycles. The van der Waals surface area contributed by atoms with Crippen LogP contribution in [0.15, 0.2) is 34.2 Å². The van der Waals surface area contributed by atoms with E-state index in [1.807, 2.05) is 0 Å². The van der Waals surface area contributed by atoms with Gasteiger partial charge in [-0.2, -0.15) is 5.26 Å². The second kappa shape index (κ2) is 9.16. The first-order valence-corrected chi connectivity index (χ1v) is 13.4. The maximum absolute atomic E-state index is 14.8. The van der Waals surface area contributed by atoms with Crippen LogP contribution < -0.4 is 10.9 Å². The first-order chi connectivity index (χ1) is 16.4. The number of benzene rings is 1. The molecular weight excluding hydrogens is 471 g/mol. The number of carbonyl (C=O) groups is 1. The van der Waals surface area contributed by atoms with Gasteiger partial charge in [-0.15, -0.1) is 11.3 Å². The minimum Gasteiger partial charge on any atom is -0.337 e. The molecule has 0 aliphatic heterocycles. The van der Waals surface area contributed by atoms with Gasteiger partial charge in [-0.3, -0.25) is 14.2 Å². The molecule has 2 aliphatic rings. The molecule has 1 unspecified atom stereocenters. The number of nitrogens with one attached hydrogen (secondary N) is 1. The number of thioether (sulfide) groups is 1. The Labute approximate surface area is 205 Å². The number of rotatable bonds is 5. The van der Waals surface area contributed by atoms with Gasteiger partial charge >= 0.3 is 0 Å². The molecule has 6 nitrogen and oxygen atoms in total. The van der Waals surface area contributed by atoms with E-state index in [-0.39, 0.29) is 28.1 Å². The van der Waals surface area contributed by atoms with E-state index in [0.717, 1.165) is 49.4 Å². The highest BCUT2D eigenvalue weighted by atomic mass is 32.2. The largest absolute Gasteiger partial charge is 0.337 e. The van der Waals surface area contributed by atoms with Crippen molar-refractivity contribution in [3.05, 3.63) is 50.9 Å². The number of nitriles is 1. The molecule has 1 aromatic carbocycles. The van der Waals surface area contributed by atoms with E-state index in [2.05, 4.69) is 18.3 Å². The number of hydrogen-bond donors (Lipinski definition) is 1. The van der Waals surface area contributed by atoms with Crippen LogP contribution in [-0.4, -0.2) is 26.8 Å². The number of aryl methyl sites for hydroxylation is 1. The molecule has 1 fully saturated rings. The maximum Gasteiger partial charge on any atom is 0.267 e. The van der Waals surface area contributed by atoms with E-state index in [1.54, 1.807) is 18.2 Å². The van der Waals surface area contributed by atoms with Gasteiger partial charge in [0.05, 0.1) is 22.9 Å². The first-order valence-electron chi connectivity index (χ1n) is 11.6. The quantitative estimate of drug-likeness (QED) is 0.407. The van der Waals surface area contributed by atoms with Crippen LogP contribution in [0.1, 0.15) is 49.5 Å². The number of aromatic nitrogens is 2. The molecule has 0 saturated heterocycles. The highest BCUT2D eigenvalue weighted by molar-refractivity contribution is 7.99. The van der Waals surface area contributed by atoms with Gasteiger partial charge in [-0.05, 0) is 68.6 Å². The number of halogens is 1. The molecule has 3 aromatic rings. The van der Waals surface area contributed by atoms with E-state index < -0.39 is 11.4 Å². The number of carbonyl (C=O) groups excluding carboxylic acids is 1. The molecule has 0 bridgehead atoms. The lowest BCUT2D eigenvalue weighted by atomic mass is 9.89. The van der Waals surface area contributed by atoms with Gasteiger partial charge in [0, 0.05) is 4.88 Å². The normalized spacial score (nSPS) is 19.0. The average Bonchev–Trinajstić information content (AvgIpc) is 3.43. The van der Waals surface area contributed by atoms with Gasteiger partial charge in [0.15, 0.2) is 5.16 Å². The Morgan fingerprint density at radius 2 is 2.15 bits per heavy atom. The number of hydrogen-bond acceptors (Lipinski definition) is 6. The molecule has 2 aliphatic carbocycles. The number of thiophene rings is 1. The molecule has 1 amide bonds. The van der Waals surface area contributed by atoms with Crippen molar-refractivity contribution in [1.82, 2.24) is 14.9 Å². The van der Waals surface area contributed by atoms with Crippen molar-refractivity contribution in [2.24, 2.45) is 5.92 Å². The summed E-state index contributed by atoms with van der Waals surface area (Å²) in [6.45, 7) is 2.20. The molecular formula is C25H25FN4O2S2. The fraction of sp³-hybridized carbons (Fsp3) is 0.440. The van der Waals surface area contributed by atoms with Crippen molar-refractivity contribution in [2.75, 3.05) is 5.75 Å². The van der Waals surface area contributed by atoms with E-state index in [1.165, 1.54) is 26.8 Å². The summed E-state index contributed by atoms with van der Waals surface area (Å²) in [6.07, 6.45) is 5.84. The van der Waals surface area contributed by atoms with Gasteiger partial charge in [0.25, 0.3) is 5.56 Å². The van der Waals surface area contributed by atoms with Crippen molar-refractivity contribution in [1.29, 1.82) is 5.26 Å². The second-order valence-electron chi connectivity index (χ2n) is 9.26. The Morgan fingerprint density at radius 3 is 2.88 bits per heavy atom. The first kappa shape index (κ1) is 23.1. The van der Waals surface area contributed by atoms with E-state index in [0.29, 0.717) is 29.0 Å². The zero-order valence-electron chi connectivity index (χ0n) is 18.9. The summed E-state index contributed by atoms with van der Waals surface area (Å²) in [7, 11) is 0. The third-order valence-electron chi connectivity index (χ3n) is 6.77. The smallest absolute Gasteiger partial charge is 0.267 e. The summed E-state index contributed by atoms with van der Waals surface area (Å²) in [6, 6.07) is 8.38. The summed E-state index contributed by atoms with van der Waals surface area (Å²) in [5, 5.41) is 13.3. The molecule has 0 spiro atoms. The van der Waals surface area contributed by atoms with Crippen molar-refractivity contribution in [3.8, 4) is 11.8 Å². The van der Waals surface area contributed by atoms with Crippen LogP contribution in [0.3, 0.4) is 0 Å². The van der Waals surface area contributed by atoms with Crippen molar-refractivity contribution >= 4 is 39.2 Å². The predicted molar refractivity (Wildman–Crippen MR) is 132 cm³/mol. The predicted octanol–water partition coefficient (Wildman–Crippen LogP) is 4.76. The fourth-order valence-corrected chi connectivity index (χ4v) is 7.22. The van der Waals surface area contributed by atoms with Crippen molar-refractivity contribution < 1.29 is 9.18 Å². The van der Waals surface area contributed by atoms with Gasteiger partial charge in [0.2, 0.25) is 5.91 Å². The molecule has 5 rings (SSSR count).